The summed E-state index contributed by atoms with van der Waals surface area (Å²) in [7, 11) is 0. The maximum absolute atomic E-state index is 3.46. The first-order valence-electron chi connectivity index (χ1n) is 5.82. The fourth-order valence-corrected chi connectivity index (χ4v) is 1.80. The summed E-state index contributed by atoms with van der Waals surface area (Å²) in [5.74, 6) is 0. The van der Waals surface area contributed by atoms with Crippen molar-refractivity contribution in [2.24, 2.45) is 0 Å². The summed E-state index contributed by atoms with van der Waals surface area (Å²) in [6.07, 6.45) is 0. The van der Waals surface area contributed by atoms with E-state index >= 15 is 0 Å². The Kier molecular flexibility index (Phi) is 3.33. The molecular weight excluding hydrogens is 208 g/mol. The molecule has 0 saturated carbocycles. The van der Waals surface area contributed by atoms with Crippen LogP contribution in [0.15, 0.2) is 60.7 Å². The van der Waals surface area contributed by atoms with E-state index in [9.17, 15) is 0 Å². The summed E-state index contributed by atoms with van der Waals surface area (Å²) >= 11 is 0. The summed E-state index contributed by atoms with van der Waals surface area (Å²) in [4.78, 5) is 0. The van der Waals surface area contributed by atoms with Gasteiger partial charge in [-0.3, -0.25) is 0 Å². The van der Waals surface area contributed by atoms with Crippen LogP contribution in [-0.2, 0) is 0 Å². The Morgan fingerprint density at radius 2 is 1.00 bits per heavy atom. The highest BCUT2D eigenvalue weighted by Gasteiger charge is 2.16. The van der Waals surface area contributed by atoms with E-state index in [0.717, 1.165) is 11.4 Å². The van der Waals surface area contributed by atoms with Crippen LogP contribution in [-0.4, -0.2) is 5.66 Å². The van der Waals surface area contributed by atoms with Gasteiger partial charge in [0.15, 0.2) is 0 Å². The van der Waals surface area contributed by atoms with Crippen LogP contribution in [0.1, 0.15) is 13.8 Å². The van der Waals surface area contributed by atoms with E-state index in [1.54, 1.807) is 0 Å². The molecule has 2 nitrogen and oxygen atoms in total. The summed E-state index contributed by atoms with van der Waals surface area (Å²) in [6, 6.07) is 20.4. The van der Waals surface area contributed by atoms with E-state index in [0.29, 0.717) is 0 Å². The molecule has 0 atom stereocenters. The zero-order chi connectivity index (χ0) is 12.1. The normalized spacial score (nSPS) is 10.9. The molecule has 0 aromatic heterocycles. The number of para-hydroxylation sites is 2. The molecule has 2 aromatic rings. The van der Waals surface area contributed by atoms with Gasteiger partial charge < -0.3 is 10.6 Å². The zero-order valence-corrected chi connectivity index (χ0v) is 10.3. The second-order valence-corrected chi connectivity index (χ2v) is 4.61. The molecule has 0 spiro atoms. The first kappa shape index (κ1) is 11.5. The van der Waals surface area contributed by atoms with Gasteiger partial charge in [-0.15, -0.1) is 0 Å². The molecule has 17 heavy (non-hydrogen) atoms. The Labute approximate surface area is 103 Å². The standard InChI is InChI=1S/C15H18N2/c1-15(2,16-13-9-5-3-6-10-13)17-14-11-7-4-8-12-14/h3-12,16-17H,1-2H3. The lowest BCUT2D eigenvalue weighted by molar-refractivity contribution is 0.652. The van der Waals surface area contributed by atoms with Gasteiger partial charge in [0.2, 0.25) is 0 Å². The van der Waals surface area contributed by atoms with Gasteiger partial charge in [0, 0.05) is 11.4 Å². The average Bonchev–Trinajstić information content (AvgIpc) is 2.30. The largest absolute Gasteiger partial charge is 0.363 e. The second kappa shape index (κ2) is 4.91. The van der Waals surface area contributed by atoms with Crippen molar-refractivity contribution in [1.29, 1.82) is 0 Å². The predicted octanol–water partition coefficient (Wildman–Crippen LogP) is 3.95. The summed E-state index contributed by atoms with van der Waals surface area (Å²) < 4.78 is 0. The average molecular weight is 226 g/mol. The summed E-state index contributed by atoms with van der Waals surface area (Å²) in [5, 5.41) is 6.91. The molecule has 0 saturated heterocycles. The molecule has 0 heterocycles. The molecule has 0 aliphatic rings. The number of anilines is 2. The van der Waals surface area contributed by atoms with Crippen molar-refractivity contribution in [3.8, 4) is 0 Å². The predicted molar refractivity (Wildman–Crippen MR) is 74.2 cm³/mol. The molecule has 0 aliphatic carbocycles. The Morgan fingerprint density at radius 3 is 1.35 bits per heavy atom. The van der Waals surface area contributed by atoms with Crippen molar-refractivity contribution in [3.63, 3.8) is 0 Å². The fourth-order valence-electron chi connectivity index (χ4n) is 1.80. The van der Waals surface area contributed by atoms with Crippen LogP contribution >= 0.6 is 0 Å². The van der Waals surface area contributed by atoms with E-state index < -0.39 is 0 Å². The van der Waals surface area contributed by atoms with Gasteiger partial charge in [0.05, 0.1) is 0 Å². The second-order valence-electron chi connectivity index (χ2n) is 4.61. The Bertz CT molecular complexity index is 405. The fraction of sp³-hybridized carbons (Fsp3) is 0.200. The Balaban J connectivity index is 2.04. The highest BCUT2D eigenvalue weighted by Crippen LogP contribution is 2.17. The molecule has 88 valence electrons. The topological polar surface area (TPSA) is 24.1 Å². The van der Waals surface area contributed by atoms with Gasteiger partial charge in [-0.25, -0.2) is 0 Å². The van der Waals surface area contributed by atoms with Crippen LogP contribution in [0, 0.1) is 0 Å². The van der Waals surface area contributed by atoms with Gasteiger partial charge >= 0.3 is 0 Å². The smallest absolute Gasteiger partial charge is 0.102 e. The van der Waals surface area contributed by atoms with Crippen LogP contribution in [0.4, 0.5) is 11.4 Å². The van der Waals surface area contributed by atoms with E-state index in [-0.39, 0.29) is 5.66 Å². The maximum atomic E-state index is 3.46. The van der Waals surface area contributed by atoms with Crippen LogP contribution in [0.2, 0.25) is 0 Å². The number of benzene rings is 2. The molecule has 2 aromatic carbocycles. The van der Waals surface area contributed by atoms with Crippen molar-refractivity contribution in [2.45, 2.75) is 19.5 Å². The van der Waals surface area contributed by atoms with Crippen LogP contribution in [0.3, 0.4) is 0 Å². The minimum Gasteiger partial charge on any atom is -0.363 e. The number of rotatable bonds is 4. The quantitative estimate of drug-likeness (QED) is 0.771. The maximum Gasteiger partial charge on any atom is 0.102 e. The van der Waals surface area contributed by atoms with Crippen molar-refractivity contribution >= 4 is 11.4 Å². The summed E-state index contributed by atoms with van der Waals surface area (Å²) in [6.45, 7) is 4.24. The molecule has 0 bridgehead atoms. The first-order valence-corrected chi connectivity index (χ1v) is 5.82. The molecular formula is C15H18N2. The molecule has 2 heteroatoms. The van der Waals surface area contributed by atoms with Crippen LogP contribution in [0.25, 0.3) is 0 Å². The molecule has 0 amide bonds. The zero-order valence-electron chi connectivity index (χ0n) is 10.3. The monoisotopic (exact) mass is 226 g/mol. The van der Waals surface area contributed by atoms with E-state index in [1.165, 1.54) is 0 Å². The molecule has 0 fully saturated rings. The molecule has 2 rings (SSSR count). The van der Waals surface area contributed by atoms with Crippen molar-refractivity contribution in [1.82, 2.24) is 0 Å². The van der Waals surface area contributed by atoms with Gasteiger partial charge in [-0.1, -0.05) is 36.4 Å². The van der Waals surface area contributed by atoms with E-state index in [1.807, 2.05) is 36.4 Å². The number of hydrogen-bond donors (Lipinski definition) is 2. The van der Waals surface area contributed by atoms with Gasteiger partial charge in [0.25, 0.3) is 0 Å². The van der Waals surface area contributed by atoms with Gasteiger partial charge in [0.1, 0.15) is 5.66 Å². The van der Waals surface area contributed by atoms with Crippen molar-refractivity contribution < 1.29 is 0 Å². The number of nitrogens with one attached hydrogen (secondary N) is 2. The molecule has 0 unspecified atom stereocenters. The van der Waals surface area contributed by atoms with Gasteiger partial charge in [-0.05, 0) is 38.1 Å². The lowest BCUT2D eigenvalue weighted by Crippen LogP contribution is -2.39. The lowest BCUT2D eigenvalue weighted by Gasteiger charge is -2.30. The molecule has 2 N–H and O–H groups in total. The highest BCUT2D eigenvalue weighted by molar-refractivity contribution is 5.51. The van der Waals surface area contributed by atoms with E-state index in [2.05, 4.69) is 48.7 Å². The van der Waals surface area contributed by atoms with Gasteiger partial charge in [-0.2, -0.15) is 0 Å². The van der Waals surface area contributed by atoms with E-state index in [4.69, 9.17) is 0 Å². The third-order valence-corrected chi connectivity index (χ3v) is 2.46. The van der Waals surface area contributed by atoms with Crippen molar-refractivity contribution in [3.05, 3.63) is 60.7 Å². The SMILES string of the molecule is CC(C)(Nc1ccccc1)Nc1ccccc1. The minimum atomic E-state index is -0.192. The molecule has 0 radical (unpaired) electrons. The van der Waals surface area contributed by atoms with Crippen LogP contribution < -0.4 is 10.6 Å². The third-order valence-electron chi connectivity index (χ3n) is 2.46. The first-order chi connectivity index (χ1) is 8.16. The number of hydrogen-bond acceptors (Lipinski definition) is 2. The third kappa shape index (κ3) is 3.52. The highest BCUT2D eigenvalue weighted by atomic mass is 15.2. The molecule has 0 aliphatic heterocycles. The van der Waals surface area contributed by atoms with Crippen LogP contribution in [0.5, 0.6) is 0 Å². The lowest BCUT2D eigenvalue weighted by atomic mass is 10.2. The Hall–Kier alpha value is -1.96. The minimum absolute atomic E-state index is 0.192. The summed E-state index contributed by atoms with van der Waals surface area (Å²) in [5.41, 5.74) is 2.03. The van der Waals surface area contributed by atoms with Crippen molar-refractivity contribution in [2.75, 3.05) is 10.6 Å². The Morgan fingerprint density at radius 1 is 0.647 bits per heavy atom.